The van der Waals surface area contributed by atoms with E-state index in [-0.39, 0.29) is 35.6 Å². The topological polar surface area (TPSA) is 132 Å². The lowest BCUT2D eigenvalue weighted by Gasteiger charge is -2.32. The quantitative estimate of drug-likeness (QED) is 0.354. The highest BCUT2D eigenvalue weighted by atomic mass is 35.5. The van der Waals surface area contributed by atoms with Crippen LogP contribution < -0.4 is 14.8 Å². The van der Waals surface area contributed by atoms with Crippen LogP contribution in [0.25, 0.3) is 22.6 Å². The SMILES string of the molecule is COc1nc(-c2cc3nccnc3[nH]2)c(O[C@H]2CCN3C(=O)OC[C@@H]3C2)cc1C(=O)NCc1ccc(Cl)cc1. The zero-order valence-corrected chi connectivity index (χ0v) is 21.8. The standard InChI is InChI=1S/C27H25ClN6O5/c1-37-26-19(25(35)31-13-15-2-4-16(28)5-3-15)11-22(39-18-6-9-34-17(10-18)14-38-27(34)36)23(33-26)20-12-21-24(32-20)30-8-7-29-21/h2-5,7-8,11-12,17-18H,6,9-10,13-14H2,1H3,(H,30,32)(H,31,35)/t17-,18-/m0/s1. The van der Waals surface area contributed by atoms with E-state index >= 15 is 0 Å². The molecule has 1 aromatic carbocycles. The highest BCUT2D eigenvalue weighted by Gasteiger charge is 2.39. The van der Waals surface area contributed by atoms with Crippen molar-refractivity contribution in [2.24, 2.45) is 0 Å². The van der Waals surface area contributed by atoms with E-state index in [9.17, 15) is 9.59 Å². The summed E-state index contributed by atoms with van der Waals surface area (Å²) in [5, 5.41) is 3.53. The second kappa shape index (κ2) is 10.4. The first-order valence-corrected chi connectivity index (χ1v) is 12.9. The predicted molar refractivity (Wildman–Crippen MR) is 142 cm³/mol. The number of methoxy groups -OCH3 is 1. The van der Waals surface area contributed by atoms with E-state index in [0.29, 0.717) is 65.9 Å². The number of hydrogen-bond acceptors (Lipinski definition) is 8. The number of rotatable bonds is 7. The average molecular weight is 549 g/mol. The molecule has 2 fully saturated rings. The van der Waals surface area contributed by atoms with Crippen LogP contribution in [0.1, 0.15) is 28.8 Å². The molecule has 2 N–H and O–H groups in total. The number of carbonyl (C=O) groups excluding carboxylic acids is 2. The third-order valence-electron chi connectivity index (χ3n) is 6.87. The third-order valence-corrected chi connectivity index (χ3v) is 7.12. The zero-order chi connectivity index (χ0) is 26.9. The molecule has 0 spiro atoms. The molecular weight excluding hydrogens is 524 g/mol. The van der Waals surface area contributed by atoms with Crippen LogP contribution in [0.3, 0.4) is 0 Å². The van der Waals surface area contributed by atoms with Gasteiger partial charge in [0, 0.05) is 49.4 Å². The number of ether oxygens (including phenoxy) is 3. The first-order valence-electron chi connectivity index (χ1n) is 12.5. The van der Waals surface area contributed by atoms with Crippen LogP contribution in [0, 0.1) is 0 Å². The Morgan fingerprint density at radius 3 is 2.85 bits per heavy atom. The second-order valence-electron chi connectivity index (χ2n) is 9.36. The monoisotopic (exact) mass is 548 g/mol. The van der Waals surface area contributed by atoms with Crippen molar-refractivity contribution in [3.05, 3.63) is 64.9 Å². The number of piperidine rings is 1. The lowest BCUT2D eigenvalue weighted by Crippen LogP contribution is -2.44. The van der Waals surface area contributed by atoms with Gasteiger partial charge in [0.15, 0.2) is 5.65 Å². The van der Waals surface area contributed by atoms with Gasteiger partial charge in [-0.25, -0.2) is 14.8 Å². The first-order chi connectivity index (χ1) is 19.0. The largest absolute Gasteiger partial charge is 0.488 e. The molecule has 4 aromatic rings. The number of aromatic nitrogens is 4. The normalized spacial score (nSPS) is 18.5. The third kappa shape index (κ3) is 5.05. The van der Waals surface area contributed by atoms with E-state index in [1.54, 1.807) is 35.5 Å². The molecule has 0 bridgehead atoms. The molecule has 0 radical (unpaired) electrons. The molecule has 0 aliphatic carbocycles. The number of amides is 2. The molecule has 0 saturated carbocycles. The van der Waals surface area contributed by atoms with Crippen LogP contribution in [-0.4, -0.2) is 69.2 Å². The highest BCUT2D eigenvalue weighted by molar-refractivity contribution is 6.30. The maximum atomic E-state index is 13.3. The highest BCUT2D eigenvalue weighted by Crippen LogP contribution is 2.36. The number of nitrogens with zero attached hydrogens (tertiary/aromatic N) is 4. The van der Waals surface area contributed by atoms with Crippen LogP contribution >= 0.6 is 11.6 Å². The molecule has 2 atom stereocenters. The van der Waals surface area contributed by atoms with Gasteiger partial charge in [-0.3, -0.25) is 9.78 Å². The van der Waals surface area contributed by atoms with Gasteiger partial charge >= 0.3 is 6.09 Å². The van der Waals surface area contributed by atoms with Crippen molar-refractivity contribution in [2.75, 3.05) is 20.3 Å². The molecule has 2 aliphatic rings. The Kier molecular flexibility index (Phi) is 6.65. The molecular formula is C27H25ClN6O5. The van der Waals surface area contributed by atoms with E-state index in [1.165, 1.54) is 7.11 Å². The van der Waals surface area contributed by atoms with Crippen LogP contribution in [-0.2, 0) is 11.3 Å². The summed E-state index contributed by atoms with van der Waals surface area (Å²) in [7, 11) is 1.46. The van der Waals surface area contributed by atoms with E-state index in [4.69, 9.17) is 25.8 Å². The Morgan fingerprint density at radius 2 is 2.05 bits per heavy atom. The van der Waals surface area contributed by atoms with Crippen molar-refractivity contribution in [1.29, 1.82) is 0 Å². The molecule has 2 amide bonds. The molecule has 6 rings (SSSR count). The number of pyridine rings is 1. The molecule has 5 heterocycles. The summed E-state index contributed by atoms with van der Waals surface area (Å²) >= 11 is 5.97. The van der Waals surface area contributed by atoms with Gasteiger partial charge in [0.1, 0.15) is 35.2 Å². The van der Waals surface area contributed by atoms with Crippen LogP contribution in [0.5, 0.6) is 11.6 Å². The summed E-state index contributed by atoms with van der Waals surface area (Å²) < 4.78 is 17.2. The Morgan fingerprint density at radius 1 is 1.23 bits per heavy atom. The maximum absolute atomic E-state index is 13.3. The van der Waals surface area contributed by atoms with E-state index < -0.39 is 0 Å². The first kappa shape index (κ1) is 24.9. The number of nitrogens with one attached hydrogen (secondary N) is 2. The maximum Gasteiger partial charge on any atom is 0.410 e. The van der Waals surface area contributed by atoms with Gasteiger partial charge in [0.25, 0.3) is 5.91 Å². The molecule has 2 saturated heterocycles. The van der Waals surface area contributed by atoms with E-state index in [1.807, 2.05) is 18.2 Å². The van der Waals surface area contributed by atoms with Gasteiger partial charge in [0.2, 0.25) is 5.88 Å². The fraction of sp³-hybridized carbons (Fsp3) is 0.296. The number of aromatic amines is 1. The van der Waals surface area contributed by atoms with Crippen molar-refractivity contribution in [3.63, 3.8) is 0 Å². The minimum absolute atomic E-state index is 0.0467. The Balaban J connectivity index is 1.33. The van der Waals surface area contributed by atoms with Crippen LogP contribution in [0.4, 0.5) is 4.79 Å². The Hall–Kier alpha value is -4.38. The number of halogens is 1. The smallest absolute Gasteiger partial charge is 0.410 e. The molecule has 0 unspecified atom stereocenters. The summed E-state index contributed by atoms with van der Waals surface area (Å²) in [6.07, 6.45) is 3.93. The number of fused-ring (bicyclic) bond motifs is 2. The van der Waals surface area contributed by atoms with Crippen molar-refractivity contribution in [1.82, 2.24) is 30.2 Å². The Bertz CT molecular complexity index is 1510. The van der Waals surface area contributed by atoms with E-state index in [0.717, 1.165) is 5.56 Å². The van der Waals surface area contributed by atoms with Gasteiger partial charge in [0.05, 0.1) is 18.8 Å². The van der Waals surface area contributed by atoms with Crippen LogP contribution in [0.15, 0.2) is 48.8 Å². The number of cyclic esters (lactones) is 1. The summed E-state index contributed by atoms with van der Waals surface area (Å²) in [6.45, 7) is 1.16. The van der Waals surface area contributed by atoms with Crippen molar-refractivity contribution >= 4 is 34.8 Å². The number of H-pyrrole nitrogens is 1. The average Bonchev–Trinajstić information content (AvgIpc) is 3.55. The van der Waals surface area contributed by atoms with Gasteiger partial charge in [-0.1, -0.05) is 23.7 Å². The fourth-order valence-corrected chi connectivity index (χ4v) is 5.01. The number of benzene rings is 1. The zero-order valence-electron chi connectivity index (χ0n) is 21.0. The minimum atomic E-state index is -0.365. The summed E-state index contributed by atoms with van der Waals surface area (Å²) in [6, 6.07) is 10.6. The van der Waals surface area contributed by atoms with Crippen molar-refractivity contribution < 1.29 is 23.8 Å². The molecule has 3 aromatic heterocycles. The molecule has 200 valence electrons. The second-order valence-corrected chi connectivity index (χ2v) is 9.80. The predicted octanol–water partition coefficient (Wildman–Crippen LogP) is 3.97. The fourth-order valence-electron chi connectivity index (χ4n) is 4.89. The number of hydrogen-bond donors (Lipinski definition) is 2. The number of carbonyl (C=O) groups is 2. The summed E-state index contributed by atoms with van der Waals surface area (Å²) in [5.74, 6) is 0.188. The van der Waals surface area contributed by atoms with Crippen molar-refractivity contribution in [3.8, 4) is 23.0 Å². The minimum Gasteiger partial charge on any atom is -0.488 e. The Labute approximate surface area is 228 Å². The molecule has 11 nitrogen and oxygen atoms in total. The molecule has 12 heteroatoms. The lowest BCUT2D eigenvalue weighted by atomic mass is 10.0. The van der Waals surface area contributed by atoms with E-state index in [2.05, 4.69) is 25.3 Å². The van der Waals surface area contributed by atoms with Gasteiger partial charge in [-0.15, -0.1) is 0 Å². The van der Waals surface area contributed by atoms with Gasteiger partial charge < -0.3 is 29.4 Å². The molecule has 2 aliphatic heterocycles. The van der Waals surface area contributed by atoms with Crippen LogP contribution in [0.2, 0.25) is 5.02 Å². The van der Waals surface area contributed by atoms with Crippen molar-refractivity contribution in [2.45, 2.75) is 31.5 Å². The molecule has 39 heavy (non-hydrogen) atoms. The van der Waals surface area contributed by atoms with Gasteiger partial charge in [-0.2, -0.15) is 0 Å². The summed E-state index contributed by atoms with van der Waals surface area (Å²) in [4.78, 5) is 43.5. The summed E-state index contributed by atoms with van der Waals surface area (Å²) in [5.41, 5.74) is 3.47. The van der Waals surface area contributed by atoms with Gasteiger partial charge in [-0.05, 0) is 23.8 Å². The lowest BCUT2D eigenvalue weighted by molar-refractivity contribution is 0.0913.